The molecule has 0 aromatic heterocycles. The lowest BCUT2D eigenvalue weighted by Crippen LogP contribution is -2.35. The average molecular weight is 312 g/mol. The smallest absolute Gasteiger partial charge is 0.242 e. The van der Waals surface area contributed by atoms with Gasteiger partial charge in [0.15, 0.2) is 9.84 Å². The zero-order valence-corrected chi connectivity index (χ0v) is 13.6. The van der Waals surface area contributed by atoms with E-state index in [2.05, 4.69) is 5.32 Å². The highest BCUT2D eigenvalue weighted by Crippen LogP contribution is 2.17. The molecule has 3 N–H and O–H groups in total. The van der Waals surface area contributed by atoms with Gasteiger partial charge < -0.3 is 11.1 Å². The van der Waals surface area contributed by atoms with Gasteiger partial charge in [0, 0.05) is 12.2 Å². The lowest BCUT2D eigenvalue weighted by Gasteiger charge is -2.17. The summed E-state index contributed by atoms with van der Waals surface area (Å²) in [5.74, 6) is -0.447. The van der Waals surface area contributed by atoms with E-state index >= 15 is 0 Å². The Morgan fingerprint density at radius 1 is 1.29 bits per heavy atom. The first kappa shape index (κ1) is 17.7. The molecule has 1 rings (SSSR count). The van der Waals surface area contributed by atoms with E-state index in [0.29, 0.717) is 5.69 Å². The largest absolute Gasteiger partial charge is 0.326 e. The second-order valence-electron chi connectivity index (χ2n) is 5.34. The molecule has 2 atom stereocenters. The summed E-state index contributed by atoms with van der Waals surface area (Å²) in [5.41, 5.74) is 6.94. The van der Waals surface area contributed by atoms with E-state index in [1.54, 1.807) is 18.2 Å². The van der Waals surface area contributed by atoms with Gasteiger partial charge in [-0.05, 0) is 24.5 Å². The average Bonchev–Trinajstić information content (AvgIpc) is 2.46. The number of nitrogens with two attached hydrogens (primary N) is 1. The van der Waals surface area contributed by atoms with Crippen LogP contribution in [0.2, 0.25) is 0 Å². The molecule has 118 valence electrons. The van der Waals surface area contributed by atoms with Crippen molar-refractivity contribution in [1.82, 2.24) is 0 Å². The third kappa shape index (κ3) is 4.82. The molecule has 1 aromatic carbocycles. The Morgan fingerprint density at radius 2 is 1.90 bits per heavy atom. The minimum Gasteiger partial charge on any atom is -0.326 e. The van der Waals surface area contributed by atoms with Crippen LogP contribution in [-0.4, -0.2) is 25.3 Å². The first-order valence-corrected chi connectivity index (χ1v) is 8.83. The summed E-state index contributed by atoms with van der Waals surface area (Å²) in [6, 6.07) is 7.11. The number of benzene rings is 1. The molecule has 1 amide bonds. The first-order valence-electron chi connectivity index (χ1n) is 7.12. The molecular weight excluding hydrogens is 288 g/mol. The van der Waals surface area contributed by atoms with Gasteiger partial charge in [-0.25, -0.2) is 8.42 Å². The van der Waals surface area contributed by atoms with Gasteiger partial charge in [0.2, 0.25) is 5.91 Å². The number of carbonyl (C=O) groups excluding carboxylic acids is 1. The van der Waals surface area contributed by atoms with Crippen LogP contribution >= 0.6 is 0 Å². The predicted molar refractivity (Wildman–Crippen MR) is 85.7 cm³/mol. The molecule has 5 nitrogen and oxygen atoms in total. The lowest BCUT2D eigenvalue weighted by molar-refractivity contribution is -0.115. The summed E-state index contributed by atoms with van der Waals surface area (Å²) in [5, 5.41) is 1.59. The Bertz CT molecular complexity index is 584. The molecule has 0 radical (unpaired) electrons. The van der Waals surface area contributed by atoms with Crippen LogP contribution in [-0.2, 0) is 21.2 Å². The zero-order valence-electron chi connectivity index (χ0n) is 12.8. The van der Waals surface area contributed by atoms with Crippen molar-refractivity contribution in [2.45, 2.75) is 39.0 Å². The molecule has 0 aliphatic rings. The van der Waals surface area contributed by atoms with Crippen LogP contribution in [0.15, 0.2) is 24.3 Å². The molecule has 0 heterocycles. The lowest BCUT2D eigenvalue weighted by atomic mass is 10.2. The molecule has 0 fully saturated rings. The van der Waals surface area contributed by atoms with Crippen molar-refractivity contribution >= 4 is 21.4 Å². The van der Waals surface area contributed by atoms with Crippen LogP contribution in [0.25, 0.3) is 0 Å². The Labute approximate surface area is 126 Å². The normalized spacial score (nSPS) is 14.5. The van der Waals surface area contributed by atoms with Crippen LogP contribution < -0.4 is 11.1 Å². The van der Waals surface area contributed by atoms with Gasteiger partial charge in [0.1, 0.15) is 5.25 Å². The third-order valence-corrected chi connectivity index (χ3v) is 5.94. The number of amides is 1. The van der Waals surface area contributed by atoms with E-state index < -0.39 is 21.0 Å². The number of sulfone groups is 1. The second-order valence-corrected chi connectivity index (χ2v) is 7.70. The van der Waals surface area contributed by atoms with Gasteiger partial charge in [-0.1, -0.05) is 38.5 Å². The predicted octanol–water partition coefficient (Wildman–Crippen LogP) is 1.93. The van der Waals surface area contributed by atoms with E-state index in [0.717, 1.165) is 12.0 Å². The van der Waals surface area contributed by atoms with Crippen LogP contribution in [0.4, 0.5) is 5.69 Å². The number of carbonyl (C=O) groups is 1. The SMILES string of the molecule is CCC(C)CS(=O)(=O)C(C)C(=O)Nc1ccccc1CN. The zero-order chi connectivity index (χ0) is 16.0. The van der Waals surface area contributed by atoms with Crippen molar-refractivity contribution in [3.05, 3.63) is 29.8 Å². The summed E-state index contributed by atoms with van der Waals surface area (Å²) in [4.78, 5) is 12.2. The van der Waals surface area contributed by atoms with Gasteiger partial charge in [-0.15, -0.1) is 0 Å². The van der Waals surface area contributed by atoms with Gasteiger partial charge >= 0.3 is 0 Å². The summed E-state index contributed by atoms with van der Waals surface area (Å²) in [6.45, 7) is 5.51. The van der Waals surface area contributed by atoms with E-state index in [1.165, 1.54) is 6.92 Å². The molecule has 0 saturated heterocycles. The van der Waals surface area contributed by atoms with E-state index in [-0.39, 0.29) is 18.2 Å². The standard InChI is InChI=1S/C15H24N2O3S/c1-4-11(2)10-21(19,20)12(3)15(18)17-14-8-6-5-7-13(14)9-16/h5-8,11-12H,4,9-10,16H2,1-3H3,(H,17,18). The van der Waals surface area contributed by atoms with Crippen LogP contribution in [0.5, 0.6) is 0 Å². The number of hydrogen-bond acceptors (Lipinski definition) is 4. The second kappa shape index (κ2) is 7.56. The molecule has 2 unspecified atom stereocenters. The molecule has 0 bridgehead atoms. The molecule has 0 saturated carbocycles. The van der Waals surface area contributed by atoms with Gasteiger partial charge in [0.25, 0.3) is 0 Å². The molecule has 1 aromatic rings. The summed E-state index contributed by atoms with van der Waals surface area (Å²) < 4.78 is 24.4. The minimum atomic E-state index is -3.45. The number of rotatable bonds is 7. The molecule has 0 aliphatic carbocycles. The third-order valence-electron chi connectivity index (χ3n) is 3.62. The summed E-state index contributed by atoms with van der Waals surface area (Å²) in [6.07, 6.45) is 0.767. The quantitative estimate of drug-likeness (QED) is 0.805. The number of para-hydroxylation sites is 1. The first-order chi connectivity index (χ1) is 9.81. The summed E-state index contributed by atoms with van der Waals surface area (Å²) >= 11 is 0. The van der Waals surface area contributed by atoms with Crippen molar-refractivity contribution in [3.8, 4) is 0 Å². The molecule has 0 aliphatic heterocycles. The van der Waals surface area contributed by atoms with Gasteiger partial charge in [0.05, 0.1) is 5.75 Å². The highest BCUT2D eigenvalue weighted by atomic mass is 32.2. The van der Waals surface area contributed by atoms with Crippen LogP contribution in [0.1, 0.15) is 32.8 Å². The van der Waals surface area contributed by atoms with Crippen molar-refractivity contribution in [2.75, 3.05) is 11.1 Å². The topological polar surface area (TPSA) is 89.3 Å². The minimum absolute atomic E-state index is 0.0244. The Balaban J connectivity index is 2.83. The van der Waals surface area contributed by atoms with Crippen LogP contribution in [0.3, 0.4) is 0 Å². The fourth-order valence-corrected chi connectivity index (χ4v) is 3.58. The van der Waals surface area contributed by atoms with Crippen molar-refractivity contribution in [3.63, 3.8) is 0 Å². The molecule has 6 heteroatoms. The maximum atomic E-state index is 12.2. The molecule has 21 heavy (non-hydrogen) atoms. The van der Waals surface area contributed by atoms with E-state index in [4.69, 9.17) is 5.73 Å². The van der Waals surface area contributed by atoms with E-state index in [1.807, 2.05) is 19.9 Å². The molecule has 0 spiro atoms. The van der Waals surface area contributed by atoms with Crippen LogP contribution in [0, 0.1) is 5.92 Å². The monoisotopic (exact) mass is 312 g/mol. The number of hydrogen-bond donors (Lipinski definition) is 2. The Hall–Kier alpha value is -1.40. The van der Waals surface area contributed by atoms with Gasteiger partial charge in [-0.3, -0.25) is 4.79 Å². The summed E-state index contributed by atoms with van der Waals surface area (Å²) in [7, 11) is -3.45. The number of nitrogens with one attached hydrogen (secondary N) is 1. The van der Waals surface area contributed by atoms with Crippen molar-refractivity contribution in [1.29, 1.82) is 0 Å². The van der Waals surface area contributed by atoms with E-state index in [9.17, 15) is 13.2 Å². The highest BCUT2D eigenvalue weighted by molar-refractivity contribution is 7.92. The number of anilines is 1. The maximum absolute atomic E-state index is 12.2. The van der Waals surface area contributed by atoms with Gasteiger partial charge in [-0.2, -0.15) is 0 Å². The fraction of sp³-hybridized carbons (Fsp3) is 0.533. The van der Waals surface area contributed by atoms with Crippen molar-refractivity contribution < 1.29 is 13.2 Å². The maximum Gasteiger partial charge on any atom is 0.242 e. The highest BCUT2D eigenvalue weighted by Gasteiger charge is 2.29. The molecular formula is C15H24N2O3S. The Morgan fingerprint density at radius 3 is 2.48 bits per heavy atom. The fourth-order valence-electron chi connectivity index (χ4n) is 1.88. The Kier molecular flexibility index (Phi) is 6.36. The van der Waals surface area contributed by atoms with Crippen molar-refractivity contribution in [2.24, 2.45) is 11.7 Å².